The Hall–Kier alpha value is -2.84. The number of nitrogens with one attached hydrogen (secondary N) is 1. The Balaban J connectivity index is 2.97. The van der Waals surface area contributed by atoms with E-state index in [0.29, 0.717) is 0 Å². The number of nitro groups is 1. The number of carboxylic acid groups (broad SMARTS) is 1. The number of phenolic OH excluding ortho intramolecular Hbond substituents is 1. The third-order valence-electron chi connectivity index (χ3n) is 2.67. The molecule has 9 nitrogen and oxygen atoms in total. The molecule has 1 rings (SSSR count). The Labute approximate surface area is 132 Å². The highest BCUT2D eigenvalue weighted by Gasteiger charge is 2.27. The average molecular weight is 326 g/mol. The number of rotatable bonds is 5. The highest BCUT2D eigenvalue weighted by molar-refractivity contribution is 5.80. The van der Waals surface area contributed by atoms with E-state index in [-0.39, 0.29) is 23.4 Å². The number of nitrogens with zero attached hydrogens (tertiary/aromatic N) is 1. The fourth-order valence-electron chi connectivity index (χ4n) is 1.78. The zero-order chi connectivity index (χ0) is 17.8. The highest BCUT2D eigenvalue weighted by atomic mass is 16.6. The maximum atomic E-state index is 11.7. The number of hydrogen-bond donors (Lipinski definition) is 3. The third kappa shape index (κ3) is 5.81. The summed E-state index contributed by atoms with van der Waals surface area (Å²) in [6.45, 7) is 4.84. The predicted octanol–water partition coefficient (Wildman–Crippen LogP) is 1.82. The molecular weight excluding hydrogens is 308 g/mol. The molecule has 3 N–H and O–H groups in total. The van der Waals surface area contributed by atoms with Crippen LogP contribution in [-0.4, -0.2) is 38.8 Å². The van der Waals surface area contributed by atoms with Gasteiger partial charge in [-0.3, -0.25) is 10.1 Å². The molecule has 1 aromatic rings. The molecule has 0 spiro atoms. The third-order valence-corrected chi connectivity index (χ3v) is 2.67. The molecule has 1 unspecified atom stereocenters. The van der Waals surface area contributed by atoms with E-state index < -0.39 is 28.6 Å². The monoisotopic (exact) mass is 326 g/mol. The second-order valence-electron chi connectivity index (χ2n) is 5.81. The number of hydrogen-bond acceptors (Lipinski definition) is 6. The minimum absolute atomic E-state index is 0.0153. The molecule has 9 heteroatoms. The van der Waals surface area contributed by atoms with Gasteiger partial charge in [0, 0.05) is 18.1 Å². The minimum Gasteiger partial charge on any atom is -0.508 e. The molecule has 0 radical (unpaired) electrons. The minimum atomic E-state index is -1.44. The van der Waals surface area contributed by atoms with Gasteiger partial charge in [0.15, 0.2) is 0 Å². The van der Waals surface area contributed by atoms with E-state index in [9.17, 15) is 29.9 Å². The fraction of sp³-hybridized carbons (Fsp3) is 0.429. The van der Waals surface area contributed by atoms with Crippen molar-refractivity contribution < 1.29 is 29.5 Å². The standard InChI is InChI=1S/C14H18N2O7/c1-14(2,3)23-13(20)15-10(12(18)19)7-8-6-9(17)4-5-11(8)16(21)22/h4-6,10,17H,7H2,1-3H3,(H,15,20)(H,18,19). The van der Waals surface area contributed by atoms with Gasteiger partial charge >= 0.3 is 12.1 Å². The Bertz CT molecular complexity index is 622. The number of ether oxygens (including phenoxy) is 1. The van der Waals surface area contributed by atoms with E-state index in [1.807, 2.05) is 0 Å². The van der Waals surface area contributed by atoms with Crippen molar-refractivity contribution in [3.63, 3.8) is 0 Å². The number of aliphatic carboxylic acids is 1. The number of aromatic hydroxyl groups is 1. The Morgan fingerprint density at radius 3 is 2.48 bits per heavy atom. The fourth-order valence-corrected chi connectivity index (χ4v) is 1.78. The summed E-state index contributed by atoms with van der Waals surface area (Å²) in [5, 5.41) is 31.7. The first kappa shape index (κ1) is 18.2. The van der Waals surface area contributed by atoms with Crippen LogP contribution in [0.2, 0.25) is 0 Å². The maximum absolute atomic E-state index is 11.7. The van der Waals surface area contributed by atoms with Crippen molar-refractivity contribution in [2.45, 2.75) is 38.8 Å². The summed E-state index contributed by atoms with van der Waals surface area (Å²) in [4.78, 5) is 33.2. The predicted molar refractivity (Wildman–Crippen MR) is 79.3 cm³/mol. The first-order valence-electron chi connectivity index (χ1n) is 6.68. The van der Waals surface area contributed by atoms with Gasteiger partial charge in [-0.25, -0.2) is 9.59 Å². The lowest BCUT2D eigenvalue weighted by Gasteiger charge is -2.22. The summed E-state index contributed by atoms with van der Waals surface area (Å²) in [6.07, 6.45) is -1.33. The summed E-state index contributed by atoms with van der Waals surface area (Å²) in [5.41, 5.74) is -1.18. The molecule has 0 aliphatic heterocycles. The number of carbonyl (C=O) groups excluding carboxylic acids is 1. The maximum Gasteiger partial charge on any atom is 0.408 e. The molecular formula is C14H18N2O7. The van der Waals surface area contributed by atoms with Crippen LogP contribution >= 0.6 is 0 Å². The zero-order valence-electron chi connectivity index (χ0n) is 12.9. The average Bonchev–Trinajstić information content (AvgIpc) is 2.35. The van der Waals surface area contributed by atoms with Crippen molar-refractivity contribution in [2.24, 2.45) is 0 Å². The van der Waals surface area contributed by atoms with Gasteiger partial charge in [-0.2, -0.15) is 0 Å². The number of benzene rings is 1. The lowest BCUT2D eigenvalue weighted by atomic mass is 10.0. The molecule has 1 aromatic carbocycles. The first-order chi connectivity index (χ1) is 10.5. The van der Waals surface area contributed by atoms with Gasteiger partial charge < -0.3 is 20.3 Å². The van der Waals surface area contributed by atoms with E-state index in [0.717, 1.165) is 18.2 Å². The first-order valence-corrected chi connectivity index (χ1v) is 6.68. The van der Waals surface area contributed by atoms with Crippen molar-refractivity contribution in [3.05, 3.63) is 33.9 Å². The van der Waals surface area contributed by atoms with Gasteiger partial charge in [0.1, 0.15) is 17.4 Å². The van der Waals surface area contributed by atoms with Crippen molar-refractivity contribution in [1.29, 1.82) is 0 Å². The van der Waals surface area contributed by atoms with Gasteiger partial charge in [-0.1, -0.05) is 0 Å². The summed E-state index contributed by atoms with van der Waals surface area (Å²) in [6, 6.07) is 1.84. The number of carboxylic acids is 1. The van der Waals surface area contributed by atoms with Crippen molar-refractivity contribution in [1.82, 2.24) is 5.32 Å². The molecule has 0 fully saturated rings. The van der Waals surface area contributed by atoms with Crippen LogP contribution in [0, 0.1) is 10.1 Å². The normalized spacial score (nSPS) is 12.3. The van der Waals surface area contributed by atoms with Crippen LogP contribution in [0.15, 0.2) is 18.2 Å². The van der Waals surface area contributed by atoms with E-state index >= 15 is 0 Å². The van der Waals surface area contributed by atoms with Gasteiger partial charge in [-0.15, -0.1) is 0 Å². The quantitative estimate of drug-likeness (QED) is 0.554. The molecule has 0 aliphatic rings. The molecule has 0 saturated carbocycles. The van der Waals surface area contributed by atoms with Gasteiger partial charge in [0.05, 0.1) is 4.92 Å². The van der Waals surface area contributed by atoms with Crippen molar-refractivity contribution in [2.75, 3.05) is 0 Å². The molecule has 0 aromatic heterocycles. The van der Waals surface area contributed by atoms with Crippen LogP contribution in [0.25, 0.3) is 0 Å². The van der Waals surface area contributed by atoms with Gasteiger partial charge in [0.2, 0.25) is 0 Å². The van der Waals surface area contributed by atoms with Crippen LogP contribution in [-0.2, 0) is 16.0 Å². The number of nitro benzene ring substituents is 1. The van der Waals surface area contributed by atoms with Crippen molar-refractivity contribution >= 4 is 17.7 Å². The van der Waals surface area contributed by atoms with Crippen LogP contribution in [0.4, 0.5) is 10.5 Å². The SMILES string of the molecule is CC(C)(C)OC(=O)NC(Cc1cc(O)ccc1[N+](=O)[O-])C(=O)O. The Morgan fingerprint density at radius 2 is 2.00 bits per heavy atom. The van der Waals surface area contributed by atoms with E-state index in [1.54, 1.807) is 20.8 Å². The molecule has 1 atom stereocenters. The van der Waals surface area contributed by atoms with E-state index in [4.69, 9.17) is 4.74 Å². The molecule has 0 heterocycles. The summed E-state index contributed by atoms with van der Waals surface area (Å²) < 4.78 is 4.96. The number of amides is 1. The topological polar surface area (TPSA) is 139 Å². The molecule has 126 valence electrons. The van der Waals surface area contributed by atoms with Crippen molar-refractivity contribution in [3.8, 4) is 5.75 Å². The molecule has 23 heavy (non-hydrogen) atoms. The van der Waals surface area contributed by atoms with Crippen LogP contribution in [0.3, 0.4) is 0 Å². The summed E-state index contributed by atoms with van der Waals surface area (Å²) >= 11 is 0. The number of carbonyl (C=O) groups is 2. The molecule has 0 bridgehead atoms. The van der Waals surface area contributed by atoms with Gasteiger partial charge in [0.25, 0.3) is 5.69 Å². The Kier molecular flexibility index (Phi) is 5.50. The molecule has 0 saturated heterocycles. The number of alkyl carbamates (subject to hydrolysis) is 1. The highest BCUT2D eigenvalue weighted by Crippen LogP contribution is 2.24. The molecule has 1 amide bonds. The summed E-state index contributed by atoms with van der Waals surface area (Å²) in [7, 11) is 0. The van der Waals surface area contributed by atoms with Crippen LogP contribution < -0.4 is 5.32 Å². The van der Waals surface area contributed by atoms with E-state index in [1.165, 1.54) is 0 Å². The zero-order valence-corrected chi connectivity index (χ0v) is 12.9. The smallest absolute Gasteiger partial charge is 0.408 e. The molecule has 0 aliphatic carbocycles. The lowest BCUT2D eigenvalue weighted by molar-refractivity contribution is -0.385. The Morgan fingerprint density at radius 1 is 1.39 bits per heavy atom. The van der Waals surface area contributed by atoms with Crippen LogP contribution in [0.1, 0.15) is 26.3 Å². The van der Waals surface area contributed by atoms with Crippen LogP contribution in [0.5, 0.6) is 5.75 Å². The second-order valence-corrected chi connectivity index (χ2v) is 5.81. The summed E-state index contributed by atoms with van der Waals surface area (Å²) in [5.74, 6) is -1.62. The lowest BCUT2D eigenvalue weighted by Crippen LogP contribution is -2.44. The van der Waals surface area contributed by atoms with Gasteiger partial charge in [-0.05, 0) is 32.9 Å². The number of phenols is 1. The van der Waals surface area contributed by atoms with E-state index in [2.05, 4.69) is 5.32 Å². The second kappa shape index (κ2) is 6.95. The largest absolute Gasteiger partial charge is 0.508 e.